The lowest BCUT2D eigenvalue weighted by Crippen LogP contribution is -2.03. The monoisotopic (exact) mass is 242 g/mol. The van der Waals surface area contributed by atoms with Gasteiger partial charge in [-0.1, -0.05) is 80.6 Å². The molecule has 0 saturated heterocycles. The van der Waals surface area contributed by atoms with Gasteiger partial charge in [-0.3, -0.25) is 0 Å². The van der Waals surface area contributed by atoms with Crippen molar-refractivity contribution in [3.05, 3.63) is 47.6 Å². The molecule has 0 atom stereocenters. The predicted molar refractivity (Wildman–Crippen MR) is 80.5 cm³/mol. The topological polar surface area (TPSA) is 0 Å². The number of allylic oxidation sites excluding steroid dienone is 8. The molecule has 0 heteroatoms. The van der Waals surface area contributed by atoms with Gasteiger partial charge in [0.1, 0.15) is 0 Å². The first-order valence-electron chi connectivity index (χ1n) is 7.59. The molecule has 2 aliphatic carbocycles. The van der Waals surface area contributed by atoms with Crippen LogP contribution in [0.5, 0.6) is 0 Å². The van der Waals surface area contributed by atoms with Crippen LogP contribution in [0.15, 0.2) is 47.6 Å². The minimum absolute atomic E-state index is 0.788. The molecular weight excluding hydrogens is 216 g/mol. The van der Waals surface area contributed by atoms with E-state index in [1.165, 1.54) is 62.5 Å². The summed E-state index contributed by atoms with van der Waals surface area (Å²) in [5.74, 6) is 0.788. The molecule has 0 unspecified atom stereocenters. The van der Waals surface area contributed by atoms with Crippen molar-refractivity contribution in [3.8, 4) is 0 Å². The van der Waals surface area contributed by atoms with E-state index in [0.717, 1.165) is 5.92 Å². The summed E-state index contributed by atoms with van der Waals surface area (Å²) in [6.45, 7) is 2.15. The van der Waals surface area contributed by atoms with Gasteiger partial charge in [0.25, 0.3) is 0 Å². The Morgan fingerprint density at radius 1 is 0.778 bits per heavy atom. The molecule has 0 nitrogen and oxygen atoms in total. The van der Waals surface area contributed by atoms with Crippen molar-refractivity contribution in [2.45, 2.75) is 58.3 Å². The Morgan fingerprint density at radius 3 is 2.11 bits per heavy atom. The van der Waals surface area contributed by atoms with E-state index in [1.54, 1.807) is 0 Å². The second-order valence-electron chi connectivity index (χ2n) is 5.69. The molecule has 0 amide bonds. The average Bonchev–Trinajstić information content (AvgIpc) is 2.47. The van der Waals surface area contributed by atoms with Crippen LogP contribution in [0.3, 0.4) is 0 Å². The van der Waals surface area contributed by atoms with Gasteiger partial charge in [-0.25, -0.2) is 0 Å². The lowest BCUT2D eigenvalue weighted by molar-refractivity contribution is 0.495. The third-order valence-corrected chi connectivity index (χ3v) is 4.12. The zero-order chi connectivity index (χ0) is 12.6. The molecular formula is C18H26. The third kappa shape index (κ3) is 4.33. The van der Waals surface area contributed by atoms with Gasteiger partial charge in [-0.15, -0.1) is 0 Å². The van der Waals surface area contributed by atoms with Gasteiger partial charge in [0, 0.05) is 0 Å². The molecule has 1 fully saturated rings. The van der Waals surface area contributed by atoms with Gasteiger partial charge < -0.3 is 0 Å². The van der Waals surface area contributed by atoms with Gasteiger partial charge in [-0.05, 0) is 31.3 Å². The maximum atomic E-state index is 2.33. The second-order valence-corrected chi connectivity index (χ2v) is 5.69. The highest BCUT2D eigenvalue weighted by Gasteiger charge is 2.13. The van der Waals surface area contributed by atoms with E-state index in [1.807, 2.05) is 0 Å². The van der Waals surface area contributed by atoms with E-state index in [2.05, 4.69) is 43.4 Å². The first-order valence-corrected chi connectivity index (χ1v) is 7.59. The molecule has 0 aromatic carbocycles. The first kappa shape index (κ1) is 13.4. The molecule has 1 saturated carbocycles. The Kier molecular flexibility index (Phi) is 5.51. The second kappa shape index (κ2) is 7.41. The van der Waals surface area contributed by atoms with Crippen molar-refractivity contribution >= 4 is 0 Å². The van der Waals surface area contributed by atoms with Crippen molar-refractivity contribution in [3.63, 3.8) is 0 Å². The predicted octanol–water partition coefficient (Wildman–Crippen LogP) is 5.74. The lowest BCUT2D eigenvalue weighted by atomic mass is 9.88. The molecule has 0 aromatic heterocycles. The summed E-state index contributed by atoms with van der Waals surface area (Å²) >= 11 is 0. The molecule has 0 aliphatic heterocycles. The molecule has 98 valence electrons. The Balaban J connectivity index is 2.03. The molecule has 2 aliphatic rings. The highest BCUT2D eigenvalue weighted by molar-refractivity contribution is 5.35. The van der Waals surface area contributed by atoms with E-state index in [-0.39, 0.29) is 0 Å². The summed E-state index contributed by atoms with van der Waals surface area (Å²) in [5.41, 5.74) is 2.87. The minimum Gasteiger partial charge on any atom is -0.0617 e. The summed E-state index contributed by atoms with van der Waals surface area (Å²) in [6.07, 6.45) is 24.9. The minimum atomic E-state index is 0.788. The van der Waals surface area contributed by atoms with Crippen LogP contribution in [-0.2, 0) is 0 Å². The van der Waals surface area contributed by atoms with Crippen LogP contribution in [0, 0.1) is 5.92 Å². The molecule has 0 aromatic rings. The van der Waals surface area contributed by atoms with Crippen LogP contribution in [0.4, 0.5) is 0 Å². The highest BCUT2D eigenvalue weighted by Crippen LogP contribution is 2.28. The Bertz CT molecular complexity index is 355. The quantitative estimate of drug-likeness (QED) is 0.550. The van der Waals surface area contributed by atoms with Crippen molar-refractivity contribution in [1.29, 1.82) is 0 Å². The largest absolute Gasteiger partial charge is 0.0617 e. The fourth-order valence-electron chi connectivity index (χ4n) is 2.97. The number of hydrogen-bond donors (Lipinski definition) is 0. The van der Waals surface area contributed by atoms with Crippen molar-refractivity contribution < 1.29 is 0 Å². The van der Waals surface area contributed by atoms with Gasteiger partial charge >= 0.3 is 0 Å². The van der Waals surface area contributed by atoms with Gasteiger partial charge in [-0.2, -0.15) is 0 Å². The first-order chi connectivity index (χ1) is 8.86. The van der Waals surface area contributed by atoms with Gasteiger partial charge in [0.2, 0.25) is 0 Å². The molecule has 0 spiro atoms. The van der Waals surface area contributed by atoms with Gasteiger partial charge in [0.15, 0.2) is 0 Å². The maximum Gasteiger partial charge on any atom is -0.0162 e. The maximum absolute atomic E-state index is 2.33. The van der Waals surface area contributed by atoms with E-state index >= 15 is 0 Å². The van der Waals surface area contributed by atoms with Crippen molar-refractivity contribution in [1.82, 2.24) is 0 Å². The van der Waals surface area contributed by atoms with E-state index in [0.29, 0.717) is 0 Å². The molecule has 0 bridgehead atoms. The standard InChI is InChI=1S/C18H26/c1-16-10-8-14-18(15-9-11-16)17-12-6-4-2-3-5-7-13-17/h8-11,14-15,17H,2-7,12-13H2,1H3. The average molecular weight is 242 g/mol. The SMILES string of the molecule is CC1=CC=CC(C2CCCCCCCC2)=CC=C1. The van der Waals surface area contributed by atoms with Crippen molar-refractivity contribution in [2.75, 3.05) is 0 Å². The molecule has 0 radical (unpaired) electrons. The van der Waals surface area contributed by atoms with Crippen molar-refractivity contribution in [2.24, 2.45) is 5.92 Å². The smallest absolute Gasteiger partial charge is 0.0162 e. The Morgan fingerprint density at radius 2 is 1.39 bits per heavy atom. The van der Waals surface area contributed by atoms with Crippen LogP contribution < -0.4 is 0 Å². The normalized spacial score (nSPS) is 23.2. The number of rotatable bonds is 1. The van der Waals surface area contributed by atoms with Crippen LogP contribution in [0.1, 0.15) is 58.3 Å². The van der Waals surface area contributed by atoms with Crippen LogP contribution in [0.25, 0.3) is 0 Å². The zero-order valence-corrected chi connectivity index (χ0v) is 11.7. The molecule has 18 heavy (non-hydrogen) atoms. The highest BCUT2D eigenvalue weighted by atomic mass is 14.2. The van der Waals surface area contributed by atoms with E-state index in [4.69, 9.17) is 0 Å². The third-order valence-electron chi connectivity index (χ3n) is 4.12. The summed E-state index contributed by atoms with van der Waals surface area (Å²) in [5, 5.41) is 0. The van der Waals surface area contributed by atoms with Gasteiger partial charge in [0.05, 0.1) is 0 Å². The van der Waals surface area contributed by atoms with Crippen LogP contribution >= 0.6 is 0 Å². The summed E-state index contributed by atoms with van der Waals surface area (Å²) in [4.78, 5) is 0. The molecule has 2 rings (SSSR count). The summed E-state index contributed by atoms with van der Waals surface area (Å²) in [6, 6.07) is 0. The van der Waals surface area contributed by atoms with E-state index in [9.17, 15) is 0 Å². The molecule has 0 heterocycles. The zero-order valence-electron chi connectivity index (χ0n) is 11.7. The molecule has 0 N–H and O–H groups in total. The summed E-state index contributed by atoms with van der Waals surface area (Å²) < 4.78 is 0. The fraction of sp³-hybridized carbons (Fsp3) is 0.556. The number of hydrogen-bond acceptors (Lipinski definition) is 0. The van der Waals surface area contributed by atoms with E-state index < -0.39 is 0 Å². The fourth-order valence-corrected chi connectivity index (χ4v) is 2.97. The van der Waals surface area contributed by atoms with Crippen LogP contribution in [-0.4, -0.2) is 0 Å². The Hall–Kier alpha value is -1.04. The summed E-state index contributed by atoms with van der Waals surface area (Å²) in [7, 11) is 0. The Labute approximate surface area is 112 Å². The van der Waals surface area contributed by atoms with Crippen LogP contribution in [0.2, 0.25) is 0 Å². The lowest BCUT2D eigenvalue weighted by Gasteiger charge is -2.17.